The largest absolute Gasteiger partial charge is 0.371 e. The highest BCUT2D eigenvalue weighted by molar-refractivity contribution is 9.10. The van der Waals surface area contributed by atoms with Gasteiger partial charge in [-0.05, 0) is 62.4 Å². The van der Waals surface area contributed by atoms with Gasteiger partial charge in [-0.2, -0.15) is 0 Å². The van der Waals surface area contributed by atoms with Gasteiger partial charge in [0.25, 0.3) is 0 Å². The van der Waals surface area contributed by atoms with E-state index in [2.05, 4.69) is 65.1 Å². The van der Waals surface area contributed by atoms with Crippen LogP contribution in [0.4, 0.5) is 5.69 Å². The number of halogens is 1. The fourth-order valence-corrected chi connectivity index (χ4v) is 3.59. The van der Waals surface area contributed by atoms with E-state index >= 15 is 0 Å². The van der Waals surface area contributed by atoms with E-state index in [1.807, 2.05) is 0 Å². The van der Waals surface area contributed by atoms with Gasteiger partial charge in [0.05, 0.1) is 0 Å². The van der Waals surface area contributed by atoms with Crippen LogP contribution in [-0.4, -0.2) is 19.6 Å². The number of hydrogen-bond acceptors (Lipinski definition) is 2. The SMILES string of the molecule is CCCNC(C)c1cc(Br)ccc1N1CCC(CC)CC1. The van der Waals surface area contributed by atoms with Crippen LogP contribution < -0.4 is 10.2 Å². The first-order valence-electron chi connectivity index (χ1n) is 8.43. The molecule has 0 amide bonds. The van der Waals surface area contributed by atoms with Crippen molar-refractivity contribution in [2.24, 2.45) is 5.92 Å². The average molecular weight is 353 g/mol. The van der Waals surface area contributed by atoms with Crippen molar-refractivity contribution in [1.82, 2.24) is 5.32 Å². The zero-order valence-electron chi connectivity index (χ0n) is 13.7. The number of anilines is 1. The molecule has 3 heteroatoms. The molecule has 118 valence electrons. The summed E-state index contributed by atoms with van der Waals surface area (Å²) in [6, 6.07) is 7.16. The molecule has 1 heterocycles. The number of nitrogens with zero attached hydrogens (tertiary/aromatic N) is 1. The Kier molecular flexibility index (Phi) is 6.56. The first-order valence-corrected chi connectivity index (χ1v) is 9.22. The van der Waals surface area contributed by atoms with Crippen molar-refractivity contribution >= 4 is 21.6 Å². The smallest absolute Gasteiger partial charge is 0.0415 e. The van der Waals surface area contributed by atoms with Crippen molar-refractivity contribution in [3.8, 4) is 0 Å². The highest BCUT2D eigenvalue weighted by Gasteiger charge is 2.21. The summed E-state index contributed by atoms with van der Waals surface area (Å²) in [6.07, 6.45) is 5.18. The maximum atomic E-state index is 3.63. The molecule has 1 aliphatic rings. The van der Waals surface area contributed by atoms with Gasteiger partial charge in [0, 0.05) is 29.3 Å². The van der Waals surface area contributed by atoms with Crippen LogP contribution >= 0.6 is 15.9 Å². The zero-order valence-corrected chi connectivity index (χ0v) is 15.2. The van der Waals surface area contributed by atoms with Crippen molar-refractivity contribution in [2.75, 3.05) is 24.5 Å². The lowest BCUT2D eigenvalue weighted by molar-refractivity contribution is 0.394. The predicted molar refractivity (Wildman–Crippen MR) is 96.1 cm³/mol. The zero-order chi connectivity index (χ0) is 15.2. The molecule has 1 saturated heterocycles. The molecule has 0 aliphatic carbocycles. The maximum absolute atomic E-state index is 3.63. The third-order valence-corrected chi connectivity index (χ3v) is 5.18. The third kappa shape index (κ3) is 4.46. The van der Waals surface area contributed by atoms with Crippen LogP contribution in [0.25, 0.3) is 0 Å². The highest BCUT2D eigenvalue weighted by atomic mass is 79.9. The van der Waals surface area contributed by atoms with Crippen molar-refractivity contribution in [1.29, 1.82) is 0 Å². The fraction of sp³-hybridized carbons (Fsp3) is 0.667. The predicted octanol–water partition coefficient (Wildman–Crippen LogP) is 5.14. The molecule has 1 N–H and O–H groups in total. The molecule has 0 saturated carbocycles. The summed E-state index contributed by atoms with van der Waals surface area (Å²) in [5, 5.41) is 3.63. The number of hydrogen-bond donors (Lipinski definition) is 1. The second-order valence-electron chi connectivity index (χ2n) is 6.22. The van der Waals surface area contributed by atoms with Gasteiger partial charge in [-0.1, -0.05) is 36.2 Å². The first kappa shape index (κ1) is 16.8. The number of rotatable bonds is 6. The summed E-state index contributed by atoms with van der Waals surface area (Å²) in [5.74, 6) is 0.927. The fourth-order valence-electron chi connectivity index (χ4n) is 3.21. The maximum Gasteiger partial charge on any atom is 0.0415 e. The van der Waals surface area contributed by atoms with E-state index in [0.717, 1.165) is 12.5 Å². The molecule has 0 radical (unpaired) electrons. The van der Waals surface area contributed by atoms with Crippen molar-refractivity contribution < 1.29 is 0 Å². The Hall–Kier alpha value is -0.540. The topological polar surface area (TPSA) is 15.3 Å². The summed E-state index contributed by atoms with van der Waals surface area (Å²) >= 11 is 3.63. The molecule has 1 aliphatic heterocycles. The molecular weight excluding hydrogens is 324 g/mol. The average Bonchev–Trinajstić information content (AvgIpc) is 2.52. The third-order valence-electron chi connectivity index (χ3n) is 4.69. The molecule has 2 nitrogen and oxygen atoms in total. The standard InChI is InChI=1S/C18H29BrN2/c1-4-10-20-14(3)17-13-16(19)6-7-18(17)21-11-8-15(5-2)9-12-21/h6-7,13-15,20H,4-5,8-12H2,1-3H3. The molecule has 0 aromatic heterocycles. The normalized spacial score (nSPS) is 18.0. The Morgan fingerprint density at radius 1 is 1.29 bits per heavy atom. The van der Waals surface area contributed by atoms with Crippen molar-refractivity contribution in [3.05, 3.63) is 28.2 Å². The van der Waals surface area contributed by atoms with E-state index in [1.165, 1.54) is 54.5 Å². The van der Waals surface area contributed by atoms with Gasteiger partial charge in [-0.15, -0.1) is 0 Å². The Labute approximate surface area is 138 Å². The minimum absolute atomic E-state index is 0.404. The molecular formula is C18H29BrN2. The van der Waals surface area contributed by atoms with Gasteiger partial charge in [0.1, 0.15) is 0 Å². The van der Waals surface area contributed by atoms with E-state index < -0.39 is 0 Å². The number of piperidine rings is 1. The van der Waals surface area contributed by atoms with Crippen molar-refractivity contribution in [2.45, 2.75) is 52.5 Å². The molecule has 0 spiro atoms. The lowest BCUT2D eigenvalue weighted by atomic mass is 9.93. The molecule has 1 atom stereocenters. The van der Waals surface area contributed by atoms with Gasteiger partial charge in [-0.25, -0.2) is 0 Å². The number of benzene rings is 1. The van der Waals surface area contributed by atoms with Crippen LogP contribution in [0.3, 0.4) is 0 Å². The van der Waals surface area contributed by atoms with Crippen LogP contribution in [0.1, 0.15) is 58.1 Å². The Morgan fingerprint density at radius 2 is 2.00 bits per heavy atom. The Morgan fingerprint density at radius 3 is 2.62 bits per heavy atom. The minimum atomic E-state index is 0.404. The van der Waals surface area contributed by atoms with Crippen LogP contribution in [0.5, 0.6) is 0 Å². The van der Waals surface area contributed by atoms with E-state index in [9.17, 15) is 0 Å². The highest BCUT2D eigenvalue weighted by Crippen LogP contribution is 2.32. The van der Waals surface area contributed by atoms with E-state index in [-0.39, 0.29) is 0 Å². The lowest BCUT2D eigenvalue weighted by Crippen LogP contribution is -2.35. The second kappa shape index (κ2) is 8.19. The summed E-state index contributed by atoms with van der Waals surface area (Å²) < 4.78 is 1.18. The molecule has 1 aromatic carbocycles. The van der Waals surface area contributed by atoms with Crippen LogP contribution in [0.2, 0.25) is 0 Å². The molecule has 1 unspecified atom stereocenters. The lowest BCUT2D eigenvalue weighted by Gasteiger charge is -2.35. The Balaban J connectivity index is 2.15. The van der Waals surface area contributed by atoms with Gasteiger partial charge >= 0.3 is 0 Å². The van der Waals surface area contributed by atoms with Gasteiger partial charge in [-0.3, -0.25) is 0 Å². The Bertz CT molecular complexity index is 439. The molecule has 21 heavy (non-hydrogen) atoms. The van der Waals surface area contributed by atoms with Crippen LogP contribution in [0, 0.1) is 5.92 Å². The first-order chi connectivity index (χ1) is 10.2. The van der Waals surface area contributed by atoms with E-state index in [0.29, 0.717) is 6.04 Å². The van der Waals surface area contributed by atoms with Gasteiger partial charge in [0.15, 0.2) is 0 Å². The summed E-state index contributed by atoms with van der Waals surface area (Å²) in [6.45, 7) is 10.3. The van der Waals surface area contributed by atoms with E-state index in [1.54, 1.807) is 0 Å². The number of nitrogens with one attached hydrogen (secondary N) is 1. The summed E-state index contributed by atoms with van der Waals surface area (Å²) in [4.78, 5) is 2.58. The minimum Gasteiger partial charge on any atom is -0.371 e. The summed E-state index contributed by atoms with van der Waals surface area (Å²) in [7, 11) is 0. The second-order valence-corrected chi connectivity index (χ2v) is 7.13. The van der Waals surface area contributed by atoms with Crippen molar-refractivity contribution in [3.63, 3.8) is 0 Å². The van der Waals surface area contributed by atoms with Crippen LogP contribution in [-0.2, 0) is 0 Å². The van der Waals surface area contributed by atoms with Gasteiger partial charge < -0.3 is 10.2 Å². The monoisotopic (exact) mass is 352 g/mol. The summed E-state index contributed by atoms with van der Waals surface area (Å²) in [5.41, 5.74) is 2.84. The molecule has 1 fully saturated rings. The van der Waals surface area contributed by atoms with Gasteiger partial charge in [0.2, 0.25) is 0 Å². The molecule has 2 rings (SSSR count). The quantitative estimate of drug-likeness (QED) is 0.762. The van der Waals surface area contributed by atoms with E-state index in [4.69, 9.17) is 0 Å². The molecule has 1 aromatic rings. The molecule has 0 bridgehead atoms. The van der Waals surface area contributed by atoms with Crippen LogP contribution in [0.15, 0.2) is 22.7 Å².